The molecule has 1 fully saturated rings. The van der Waals surface area contributed by atoms with E-state index in [4.69, 9.17) is 9.47 Å². The van der Waals surface area contributed by atoms with Gasteiger partial charge < -0.3 is 19.5 Å². The van der Waals surface area contributed by atoms with Gasteiger partial charge in [-0.05, 0) is 61.9 Å². The number of aliphatic hydroxyl groups is 1. The molecule has 1 aliphatic rings. The van der Waals surface area contributed by atoms with Crippen molar-refractivity contribution < 1.29 is 23.8 Å². The zero-order valence-corrected chi connectivity index (χ0v) is 21.7. The van der Waals surface area contributed by atoms with Gasteiger partial charge in [0.05, 0.1) is 18.8 Å². The van der Waals surface area contributed by atoms with Gasteiger partial charge >= 0.3 is 0 Å². The van der Waals surface area contributed by atoms with Crippen LogP contribution in [-0.2, 0) is 17.9 Å². The molecule has 1 amide bonds. The van der Waals surface area contributed by atoms with Gasteiger partial charge in [0.25, 0.3) is 0 Å². The highest BCUT2D eigenvalue weighted by Crippen LogP contribution is 2.21. The number of amides is 1. The van der Waals surface area contributed by atoms with Gasteiger partial charge in [-0.1, -0.05) is 12.1 Å². The number of β-amino-alcohol motifs (C(OH)–C–C–N with tert-alkyl or cyclic N) is 1. The molecule has 2 heterocycles. The van der Waals surface area contributed by atoms with E-state index in [1.165, 1.54) is 31.2 Å². The maximum Gasteiger partial charge on any atom is 0.219 e. The molecule has 1 saturated heterocycles. The second-order valence-electron chi connectivity index (χ2n) is 9.76. The maximum atomic E-state index is 13.2. The van der Waals surface area contributed by atoms with E-state index in [2.05, 4.69) is 10.00 Å². The van der Waals surface area contributed by atoms with E-state index >= 15 is 0 Å². The van der Waals surface area contributed by atoms with Crippen molar-refractivity contribution >= 4 is 5.91 Å². The fourth-order valence-electron chi connectivity index (χ4n) is 4.63. The van der Waals surface area contributed by atoms with Crippen LogP contribution in [0.25, 0.3) is 0 Å². The lowest BCUT2D eigenvalue weighted by molar-refractivity contribution is -0.132. The van der Waals surface area contributed by atoms with Crippen molar-refractivity contribution in [3.05, 3.63) is 77.4 Å². The molecule has 2 aromatic carbocycles. The van der Waals surface area contributed by atoms with Crippen molar-refractivity contribution in [2.75, 3.05) is 39.4 Å². The van der Waals surface area contributed by atoms with Crippen LogP contribution in [0.4, 0.5) is 4.39 Å². The first-order valence-corrected chi connectivity index (χ1v) is 12.5. The number of halogens is 1. The molecular formula is C28H35FN4O4. The highest BCUT2D eigenvalue weighted by Gasteiger charge is 2.37. The molecule has 1 aliphatic heterocycles. The molecule has 1 aromatic heterocycles. The first-order valence-electron chi connectivity index (χ1n) is 12.5. The Morgan fingerprint density at radius 1 is 1.05 bits per heavy atom. The minimum atomic E-state index is -1.29. The molecule has 198 valence electrons. The van der Waals surface area contributed by atoms with Crippen molar-refractivity contribution in [3.8, 4) is 11.5 Å². The van der Waals surface area contributed by atoms with E-state index in [1.54, 1.807) is 4.90 Å². The van der Waals surface area contributed by atoms with Crippen molar-refractivity contribution in [2.24, 2.45) is 0 Å². The Balaban J connectivity index is 1.39. The summed E-state index contributed by atoms with van der Waals surface area (Å²) in [6, 6.07) is 15.6. The number of hydrogen-bond donors (Lipinski definition) is 1. The molecule has 0 aliphatic carbocycles. The molecule has 1 N–H and O–H groups in total. The molecule has 0 bridgehead atoms. The van der Waals surface area contributed by atoms with Crippen LogP contribution in [0.15, 0.2) is 54.6 Å². The number of nitrogens with zero attached hydrogens (tertiary/aromatic N) is 4. The van der Waals surface area contributed by atoms with E-state index in [9.17, 15) is 14.3 Å². The highest BCUT2D eigenvalue weighted by atomic mass is 19.1. The summed E-state index contributed by atoms with van der Waals surface area (Å²) in [6.07, 6.45) is 0. The Morgan fingerprint density at radius 3 is 2.54 bits per heavy atom. The summed E-state index contributed by atoms with van der Waals surface area (Å²) in [5.74, 6) is 0.784. The fraction of sp³-hybridized carbons (Fsp3) is 0.429. The second kappa shape index (κ2) is 11.7. The van der Waals surface area contributed by atoms with Crippen molar-refractivity contribution in [3.63, 3.8) is 0 Å². The first-order chi connectivity index (χ1) is 17.7. The topological polar surface area (TPSA) is 80.1 Å². The lowest BCUT2D eigenvalue weighted by Gasteiger charge is -2.32. The molecule has 9 heteroatoms. The molecule has 1 unspecified atom stereocenters. The van der Waals surface area contributed by atoms with Crippen molar-refractivity contribution in [1.29, 1.82) is 0 Å². The lowest BCUT2D eigenvalue weighted by atomic mass is 10.0. The third-order valence-electron chi connectivity index (χ3n) is 6.44. The van der Waals surface area contributed by atoms with E-state index in [-0.39, 0.29) is 24.9 Å². The van der Waals surface area contributed by atoms with Gasteiger partial charge in [0.2, 0.25) is 5.91 Å². The van der Waals surface area contributed by atoms with Crippen molar-refractivity contribution in [1.82, 2.24) is 19.6 Å². The van der Waals surface area contributed by atoms with Gasteiger partial charge in [-0.2, -0.15) is 5.10 Å². The maximum absolute atomic E-state index is 13.2. The minimum Gasteiger partial charge on any atom is -0.492 e. The third-order valence-corrected chi connectivity index (χ3v) is 6.44. The number of carbonyl (C=O) groups excluding carboxylic acids is 1. The zero-order chi connectivity index (χ0) is 26.4. The van der Waals surface area contributed by atoms with Crippen LogP contribution in [0.1, 0.15) is 23.9 Å². The number of rotatable bonds is 9. The molecule has 8 nitrogen and oxygen atoms in total. The van der Waals surface area contributed by atoms with E-state index < -0.39 is 5.60 Å². The van der Waals surface area contributed by atoms with Crippen LogP contribution >= 0.6 is 0 Å². The molecule has 0 saturated carbocycles. The predicted octanol–water partition coefficient (Wildman–Crippen LogP) is 3.19. The van der Waals surface area contributed by atoms with Gasteiger partial charge in [-0.3, -0.25) is 14.4 Å². The van der Waals surface area contributed by atoms with Crippen LogP contribution in [0, 0.1) is 19.7 Å². The fourth-order valence-corrected chi connectivity index (χ4v) is 4.63. The van der Waals surface area contributed by atoms with E-state index in [0.29, 0.717) is 45.1 Å². The number of carbonyl (C=O) groups is 1. The molecule has 3 aromatic rings. The summed E-state index contributed by atoms with van der Waals surface area (Å²) >= 11 is 0. The van der Waals surface area contributed by atoms with Crippen molar-refractivity contribution in [2.45, 2.75) is 39.5 Å². The number of hydrogen-bond acceptors (Lipinski definition) is 6. The number of benzene rings is 2. The van der Waals surface area contributed by atoms with Crippen LogP contribution < -0.4 is 9.47 Å². The van der Waals surface area contributed by atoms with E-state index in [1.807, 2.05) is 48.9 Å². The smallest absolute Gasteiger partial charge is 0.219 e. The average Bonchev–Trinajstić information content (AvgIpc) is 3.07. The van der Waals surface area contributed by atoms with Gasteiger partial charge in [-0.15, -0.1) is 0 Å². The third kappa shape index (κ3) is 7.53. The van der Waals surface area contributed by atoms with Crippen LogP contribution in [0.2, 0.25) is 0 Å². The number of ether oxygens (including phenoxy) is 2. The first kappa shape index (κ1) is 26.6. The van der Waals surface area contributed by atoms with Crippen LogP contribution in [0.3, 0.4) is 0 Å². The number of aryl methyl sites for hydroxylation is 2. The Labute approximate surface area is 217 Å². The van der Waals surface area contributed by atoms with Crippen LogP contribution in [-0.4, -0.2) is 75.6 Å². The summed E-state index contributed by atoms with van der Waals surface area (Å²) in [6.45, 7) is 8.84. The monoisotopic (exact) mass is 510 g/mol. The summed E-state index contributed by atoms with van der Waals surface area (Å²) < 4.78 is 26.9. The second-order valence-corrected chi connectivity index (χ2v) is 9.76. The quantitative estimate of drug-likeness (QED) is 0.476. The van der Waals surface area contributed by atoms with Gasteiger partial charge in [0, 0.05) is 38.8 Å². The lowest BCUT2D eigenvalue weighted by Crippen LogP contribution is -2.51. The summed E-state index contributed by atoms with van der Waals surface area (Å²) in [5.41, 5.74) is 1.85. The molecule has 37 heavy (non-hydrogen) atoms. The standard InChI is InChI=1S/C28H35FN4O4/c1-21-15-22(2)33(30-21)13-14-36-27-6-4-5-24(16-27)17-31-11-12-32(23(3)34)19-28(35,18-31)20-37-26-9-7-25(29)8-10-26/h4-10,15-16,35H,11-14,17-20H2,1-3H3. The average molecular weight is 511 g/mol. The summed E-state index contributed by atoms with van der Waals surface area (Å²) in [4.78, 5) is 15.9. The number of aromatic nitrogens is 2. The largest absolute Gasteiger partial charge is 0.492 e. The Hall–Kier alpha value is -3.43. The van der Waals surface area contributed by atoms with Gasteiger partial charge in [0.1, 0.15) is 36.1 Å². The highest BCUT2D eigenvalue weighted by molar-refractivity contribution is 5.73. The SMILES string of the molecule is CC(=O)N1CCN(Cc2cccc(OCCn3nc(C)cc3C)c2)CC(O)(COc2ccc(F)cc2)C1. The van der Waals surface area contributed by atoms with Crippen LogP contribution in [0.5, 0.6) is 11.5 Å². The molecule has 0 radical (unpaired) electrons. The summed E-state index contributed by atoms with van der Waals surface area (Å²) in [7, 11) is 0. The predicted molar refractivity (Wildman–Crippen MR) is 138 cm³/mol. The minimum absolute atomic E-state index is 0.0195. The molecule has 4 rings (SSSR count). The zero-order valence-electron chi connectivity index (χ0n) is 21.7. The summed E-state index contributed by atoms with van der Waals surface area (Å²) in [5, 5.41) is 15.9. The van der Waals surface area contributed by atoms with E-state index in [0.717, 1.165) is 22.7 Å². The molecule has 0 spiro atoms. The molecule has 1 atom stereocenters. The normalized spacial score (nSPS) is 18.5. The van der Waals surface area contributed by atoms with Gasteiger partial charge in [0.15, 0.2) is 0 Å². The molecular weight excluding hydrogens is 475 g/mol. The Bertz CT molecular complexity index is 1200. The Morgan fingerprint density at radius 2 is 1.84 bits per heavy atom. The Kier molecular flexibility index (Phi) is 8.45. The van der Waals surface area contributed by atoms with Gasteiger partial charge in [-0.25, -0.2) is 4.39 Å².